The van der Waals surface area contributed by atoms with E-state index in [4.69, 9.17) is 14.2 Å². The van der Waals surface area contributed by atoms with E-state index in [1.807, 2.05) is 18.2 Å². The molecule has 2 aliphatic heterocycles. The van der Waals surface area contributed by atoms with E-state index in [2.05, 4.69) is 10.6 Å². The normalized spacial score (nSPS) is 16.7. The van der Waals surface area contributed by atoms with Gasteiger partial charge in [-0.05, 0) is 42.0 Å². The third-order valence-electron chi connectivity index (χ3n) is 6.20. The number of ether oxygens (including phenoxy) is 3. The van der Waals surface area contributed by atoms with Crippen LogP contribution in [0, 0.1) is 0 Å². The Morgan fingerprint density at radius 1 is 1.00 bits per heavy atom. The zero-order valence-corrected chi connectivity index (χ0v) is 20.9. The zero-order chi connectivity index (χ0) is 25.6. The summed E-state index contributed by atoms with van der Waals surface area (Å²) < 4.78 is 16.6. The number of anilines is 1. The maximum atomic E-state index is 13.7. The van der Waals surface area contributed by atoms with Gasteiger partial charge in [-0.3, -0.25) is 19.3 Å². The first-order valence-corrected chi connectivity index (χ1v) is 13.0. The lowest BCUT2D eigenvalue weighted by atomic mass is 10.0. The van der Waals surface area contributed by atoms with E-state index in [0.717, 1.165) is 12.8 Å². The van der Waals surface area contributed by atoms with E-state index in [9.17, 15) is 14.4 Å². The summed E-state index contributed by atoms with van der Waals surface area (Å²) in [6.45, 7) is 0.802. The number of hydrogen-bond acceptors (Lipinski definition) is 7. The quantitative estimate of drug-likeness (QED) is 0.448. The van der Waals surface area contributed by atoms with Gasteiger partial charge >= 0.3 is 0 Å². The van der Waals surface area contributed by atoms with Gasteiger partial charge in [0.05, 0.1) is 17.5 Å². The maximum Gasteiger partial charge on any atom is 0.261 e. The lowest BCUT2D eigenvalue weighted by Gasteiger charge is -2.32. The van der Waals surface area contributed by atoms with E-state index in [-0.39, 0.29) is 31.3 Å². The van der Waals surface area contributed by atoms with Gasteiger partial charge in [0.2, 0.25) is 18.6 Å². The first-order valence-electron chi connectivity index (χ1n) is 12.1. The highest BCUT2D eigenvalue weighted by Gasteiger charge is 2.34. The smallest absolute Gasteiger partial charge is 0.261 e. The first kappa shape index (κ1) is 24.8. The summed E-state index contributed by atoms with van der Waals surface area (Å²) in [5.41, 5.74) is 1.07. The monoisotopic (exact) mass is 521 g/mol. The molecule has 1 fully saturated rings. The summed E-state index contributed by atoms with van der Waals surface area (Å²) in [6, 6.07) is 16.6. The fourth-order valence-corrected chi connectivity index (χ4v) is 5.02. The Kier molecular flexibility index (Phi) is 7.67. The highest BCUT2D eigenvalue weighted by Crippen LogP contribution is 2.38. The van der Waals surface area contributed by atoms with Crippen LogP contribution in [-0.4, -0.2) is 50.3 Å². The summed E-state index contributed by atoms with van der Waals surface area (Å²) in [5, 5.41) is 7.44. The largest absolute Gasteiger partial charge is 0.454 e. The molecule has 0 saturated carbocycles. The van der Waals surface area contributed by atoms with Gasteiger partial charge in [-0.2, -0.15) is 0 Å². The summed E-state index contributed by atoms with van der Waals surface area (Å²) in [6.07, 6.45) is 1.77. The van der Waals surface area contributed by atoms with Gasteiger partial charge in [0.1, 0.15) is 6.04 Å². The van der Waals surface area contributed by atoms with Crippen LogP contribution in [0.4, 0.5) is 5.69 Å². The molecule has 3 aromatic rings. The van der Waals surface area contributed by atoms with Crippen molar-refractivity contribution in [3.05, 3.63) is 76.5 Å². The van der Waals surface area contributed by atoms with Crippen LogP contribution in [0.25, 0.3) is 0 Å². The maximum absolute atomic E-state index is 13.7. The van der Waals surface area contributed by atoms with Crippen molar-refractivity contribution < 1.29 is 28.6 Å². The van der Waals surface area contributed by atoms with Gasteiger partial charge in [-0.25, -0.2) is 0 Å². The number of nitrogens with one attached hydrogen (secondary N) is 2. The van der Waals surface area contributed by atoms with Gasteiger partial charge in [0, 0.05) is 24.9 Å². The molecule has 2 aromatic carbocycles. The molecule has 1 aromatic heterocycles. The summed E-state index contributed by atoms with van der Waals surface area (Å²) in [5.74, 6) is -0.124. The molecule has 3 amide bonds. The molecule has 0 spiro atoms. The van der Waals surface area contributed by atoms with Gasteiger partial charge in [-0.1, -0.05) is 36.4 Å². The van der Waals surface area contributed by atoms with Crippen LogP contribution in [0.5, 0.6) is 11.5 Å². The fourth-order valence-electron chi connectivity index (χ4n) is 4.38. The highest BCUT2D eigenvalue weighted by molar-refractivity contribution is 7.12. The van der Waals surface area contributed by atoms with E-state index in [0.29, 0.717) is 40.8 Å². The summed E-state index contributed by atoms with van der Waals surface area (Å²) in [7, 11) is 0. The average molecular weight is 522 g/mol. The number of benzene rings is 2. The molecule has 37 heavy (non-hydrogen) atoms. The average Bonchev–Trinajstić information content (AvgIpc) is 3.72. The topological polar surface area (TPSA) is 106 Å². The molecule has 10 heteroatoms. The molecule has 9 nitrogen and oxygen atoms in total. The van der Waals surface area contributed by atoms with Crippen molar-refractivity contribution in [3.8, 4) is 11.5 Å². The van der Waals surface area contributed by atoms with Crippen LogP contribution < -0.4 is 25.0 Å². The molecule has 0 unspecified atom stereocenters. The van der Waals surface area contributed by atoms with Gasteiger partial charge in [-0.15, -0.1) is 11.3 Å². The second-order valence-corrected chi connectivity index (χ2v) is 9.60. The number of nitrogens with zero attached hydrogens (tertiary/aromatic N) is 1. The minimum absolute atomic E-state index is 0.0554. The fraction of sp³-hybridized carbons (Fsp3) is 0.296. The third kappa shape index (κ3) is 5.76. The van der Waals surface area contributed by atoms with E-state index in [1.54, 1.807) is 47.8 Å². The number of fused-ring (bicyclic) bond motifs is 1. The van der Waals surface area contributed by atoms with Crippen molar-refractivity contribution >= 4 is 34.7 Å². The third-order valence-corrected chi connectivity index (χ3v) is 7.07. The van der Waals surface area contributed by atoms with Crippen LogP contribution >= 0.6 is 11.3 Å². The van der Waals surface area contributed by atoms with Crippen LogP contribution in [0.1, 0.15) is 34.1 Å². The zero-order valence-electron chi connectivity index (χ0n) is 20.1. The second kappa shape index (κ2) is 11.4. The molecule has 3 heterocycles. The number of carbonyl (C=O) groups is 3. The minimum atomic E-state index is -0.992. The van der Waals surface area contributed by atoms with E-state index >= 15 is 0 Å². The molecular weight excluding hydrogens is 494 g/mol. The summed E-state index contributed by atoms with van der Waals surface area (Å²) in [4.78, 5) is 41.9. The van der Waals surface area contributed by atoms with Crippen LogP contribution in [0.15, 0.2) is 66.0 Å². The molecule has 0 radical (unpaired) electrons. The Morgan fingerprint density at radius 3 is 2.59 bits per heavy atom. The predicted molar refractivity (Wildman–Crippen MR) is 138 cm³/mol. The van der Waals surface area contributed by atoms with Crippen LogP contribution in [-0.2, 0) is 14.3 Å². The van der Waals surface area contributed by atoms with Crippen molar-refractivity contribution in [3.63, 3.8) is 0 Å². The Labute approximate surface area is 218 Å². The van der Waals surface area contributed by atoms with E-state index in [1.165, 1.54) is 16.2 Å². The number of rotatable bonds is 9. The van der Waals surface area contributed by atoms with Gasteiger partial charge < -0.3 is 24.8 Å². The minimum Gasteiger partial charge on any atom is -0.454 e. The second-order valence-electron chi connectivity index (χ2n) is 8.65. The lowest BCUT2D eigenvalue weighted by Crippen LogP contribution is -2.48. The molecule has 2 aliphatic rings. The number of amides is 3. The Bertz CT molecular complexity index is 1240. The SMILES string of the molecule is O=C(NCC(=O)N(c1ccc2c(c1)OCO2)[C@H](C(=O)NC[C@@H]1CCCO1)c1ccccc1)c1cccs1. The van der Waals surface area contributed by atoms with E-state index < -0.39 is 11.9 Å². The Hall–Kier alpha value is -3.89. The van der Waals surface area contributed by atoms with Crippen molar-refractivity contribution in [2.75, 3.05) is 31.4 Å². The standard InChI is InChI=1S/C27H27N3O6S/c31-24(16-29-26(32)23-9-5-13-37-23)30(19-10-11-21-22(14-19)36-17-35-21)25(18-6-2-1-3-7-18)27(33)28-15-20-8-4-12-34-20/h1-3,5-7,9-11,13-14,20,25H,4,8,12,15-17H2,(H,28,33)(H,29,32)/t20-,25-/m0/s1. The molecule has 2 N–H and O–H groups in total. The van der Waals surface area contributed by atoms with Crippen molar-refractivity contribution in [2.24, 2.45) is 0 Å². The molecule has 5 rings (SSSR count). The molecule has 0 aliphatic carbocycles. The summed E-state index contributed by atoms with van der Waals surface area (Å²) >= 11 is 1.28. The molecule has 2 atom stereocenters. The Morgan fingerprint density at radius 2 is 1.84 bits per heavy atom. The van der Waals surface area contributed by atoms with Crippen LogP contribution in [0.3, 0.4) is 0 Å². The molecular formula is C27H27N3O6S. The molecule has 1 saturated heterocycles. The Balaban J connectivity index is 1.46. The van der Waals surface area contributed by atoms with Gasteiger partial charge in [0.25, 0.3) is 5.91 Å². The lowest BCUT2D eigenvalue weighted by molar-refractivity contribution is -0.126. The van der Waals surface area contributed by atoms with Crippen molar-refractivity contribution in [2.45, 2.75) is 25.0 Å². The predicted octanol–water partition coefficient (Wildman–Crippen LogP) is 3.28. The number of hydrogen-bond donors (Lipinski definition) is 2. The van der Waals surface area contributed by atoms with Crippen molar-refractivity contribution in [1.29, 1.82) is 0 Å². The van der Waals surface area contributed by atoms with Crippen LogP contribution in [0.2, 0.25) is 0 Å². The first-order chi connectivity index (χ1) is 18.1. The van der Waals surface area contributed by atoms with Crippen molar-refractivity contribution in [1.82, 2.24) is 10.6 Å². The van der Waals surface area contributed by atoms with Gasteiger partial charge in [0.15, 0.2) is 11.5 Å². The number of thiophene rings is 1. The molecule has 0 bridgehead atoms. The highest BCUT2D eigenvalue weighted by atomic mass is 32.1. The molecule has 192 valence electrons. The number of carbonyl (C=O) groups excluding carboxylic acids is 3.